The van der Waals surface area contributed by atoms with Gasteiger partial charge in [-0.2, -0.15) is 0 Å². The molecule has 0 bridgehead atoms. The molecule has 0 saturated heterocycles. The molecule has 0 aliphatic heterocycles. The normalized spacial score (nSPS) is 10.8. The Balaban J connectivity index is 2.59. The van der Waals surface area contributed by atoms with Gasteiger partial charge in [0.05, 0.1) is 5.88 Å². The quantitative estimate of drug-likeness (QED) is 0.592. The number of Topliss-reactive ketones (excluding diaryl/α,β-unsaturated/α-hetero) is 1. The van der Waals surface area contributed by atoms with Crippen molar-refractivity contribution in [3.63, 3.8) is 0 Å². The third-order valence-electron chi connectivity index (χ3n) is 3.27. The number of hydrogen-bond donors (Lipinski definition) is 0. The first-order valence-corrected chi connectivity index (χ1v) is 7.33. The maximum Gasteiger partial charge on any atom is 0.179 e. The van der Waals surface area contributed by atoms with E-state index in [0.29, 0.717) is 5.56 Å². The third-order valence-corrected chi connectivity index (χ3v) is 4.36. The molecule has 0 atom stereocenters. The van der Waals surface area contributed by atoms with Gasteiger partial charge in [-0.05, 0) is 44.5 Å². The summed E-state index contributed by atoms with van der Waals surface area (Å²) in [6, 6.07) is 8.06. The molecule has 2 nitrogen and oxygen atoms in total. The number of nitrogens with zero attached hydrogens (tertiary/aromatic N) is 1. The number of benzene rings is 1. The number of aryl methyl sites for hydroxylation is 2. The van der Waals surface area contributed by atoms with Gasteiger partial charge in [-0.1, -0.05) is 22.0 Å². The topological polar surface area (TPSA) is 22.0 Å². The van der Waals surface area contributed by atoms with Crippen LogP contribution in [0.25, 0.3) is 5.69 Å². The number of alkyl halides is 1. The molecule has 1 aromatic carbocycles. The Morgan fingerprint density at radius 1 is 1.26 bits per heavy atom. The lowest BCUT2D eigenvalue weighted by Crippen LogP contribution is -2.04. The van der Waals surface area contributed by atoms with Crippen LogP contribution in [0.15, 0.2) is 28.7 Å². The van der Waals surface area contributed by atoms with E-state index in [1.165, 1.54) is 5.56 Å². The fourth-order valence-corrected chi connectivity index (χ4v) is 2.75. The maximum atomic E-state index is 11.8. The Hall–Kier alpha value is -1.06. The first-order chi connectivity index (χ1) is 8.95. The Kier molecular flexibility index (Phi) is 4.16. The second kappa shape index (κ2) is 5.51. The molecule has 19 heavy (non-hydrogen) atoms. The minimum Gasteiger partial charge on any atom is -0.318 e. The molecule has 0 N–H and O–H groups in total. The van der Waals surface area contributed by atoms with E-state index >= 15 is 0 Å². The molecule has 0 unspecified atom stereocenters. The van der Waals surface area contributed by atoms with Gasteiger partial charge in [-0.25, -0.2) is 0 Å². The Morgan fingerprint density at radius 2 is 1.95 bits per heavy atom. The SMILES string of the molecule is Cc1ccc(-n2c(C)cc(C(=O)CCl)c2C)cc1Br. The van der Waals surface area contributed by atoms with E-state index in [4.69, 9.17) is 11.6 Å². The summed E-state index contributed by atoms with van der Waals surface area (Å²) in [5.41, 5.74) is 4.88. The van der Waals surface area contributed by atoms with Gasteiger partial charge in [0.25, 0.3) is 0 Å². The molecule has 0 amide bonds. The van der Waals surface area contributed by atoms with Crippen molar-refractivity contribution in [1.82, 2.24) is 4.57 Å². The lowest BCUT2D eigenvalue weighted by molar-refractivity contribution is 0.102. The van der Waals surface area contributed by atoms with Gasteiger partial charge in [-0.3, -0.25) is 4.79 Å². The van der Waals surface area contributed by atoms with Crippen molar-refractivity contribution in [2.45, 2.75) is 20.8 Å². The van der Waals surface area contributed by atoms with Gasteiger partial charge in [0, 0.05) is 27.1 Å². The van der Waals surface area contributed by atoms with E-state index in [1.54, 1.807) is 0 Å². The maximum absolute atomic E-state index is 11.8. The van der Waals surface area contributed by atoms with E-state index in [9.17, 15) is 4.79 Å². The molecule has 0 spiro atoms. The summed E-state index contributed by atoms with van der Waals surface area (Å²) in [6.45, 7) is 5.98. The summed E-state index contributed by atoms with van der Waals surface area (Å²) in [7, 11) is 0. The number of carbonyl (C=O) groups excluding carboxylic acids is 1. The number of hydrogen-bond acceptors (Lipinski definition) is 1. The zero-order valence-electron chi connectivity index (χ0n) is 11.1. The van der Waals surface area contributed by atoms with Crippen LogP contribution in [-0.4, -0.2) is 16.2 Å². The number of halogens is 2. The second-order valence-corrected chi connectivity index (χ2v) is 5.73. The molecule has 100 valence electrons. The molecule has 0 saturated carbocycles. The number of ketones is 1. The third kappa shape index (κ3) is 2.63. The van der Waals surface area contributed by atoms with Crippen LogP contribution in [0, 0.1) is 20.8 Å². The van der Waals surface area contributed by atoms with Crippen LogP contribution >= 0.6 is 27.5 Å². The van der Waals surface area contributed by atoms with Gasteiger partial charge in [-0.15, -0.1) is 11.6 Å². The molecule has 1 heterocycles. The van der Waals surface area contributed by atoms with Crippen LogP contribution in [0.2, 0.25) is 0 Å². The Labute approximate surface area is 126 Å². The van der Waals surface area contributed by atoms with Crippen molar-refractivity contribution in [2.24, 2.45) is 0 Å². The van der Waals surface area contributed by atoms with Crippen LogP contribution in [0.4, 0.5) is 0 Å². The van der Waals surface area contributed by atoms with E-state index < -0.39 is 0 Å². The highest BCUT2D eigenvalue weighted by Crippen LogP contribution is 2.25. The number of carbonyl (C=O) groups is 1. The van der Waals surface area contributed by atoms with Crippen LogP contribution in [0.3, 0.4) is 0 Å². The summed E-state index contributed by atoms with van der Waals surface area (Å²) >= 11 is 9.19. The predicted octanol–water partition coefficient (Wildman–Crippen LogP) is 4.59. The van der Waals surface area contributed by atoms with Crippen molar-refractivity contribution in [2.75, 3.05) is 5.88 Å². The van der Waals surface area contributed by atoms with E-state index in [0.717, 1.165) is 21.5 Å². The molecular weight excluding hydrogens is 326 g/mol. The molecule has 0 aliphatic rings. The minimum atomic E-state index is -0.0350. The lowest BCUT2D eigenvalue weighted by atomic mass is 10.2. The summed E-state index contributed by atoms with van der Waals surface area (Å²) in [6.07, 6.45) is 0. The largest absolute Gasteiger partial charge is 0.318 e. The van der Waals surface area contributed by atoms with Gasteiger partial charge in [0.15, 0.2) is 5.78 Å². The summed E-state index contributed by atoms with van der Waals surface area (Å²) in [5, 5.41) is 0. The molecule has 0 fully saturated rings. The first-order valence-electron chi connectivity index (χ1n) is 6.00. The monoisotopic (exact) mass is 339 g/mol. The molecule has 2 aromatic rings. The summed E-state index contributed by atoms with van der Waals surface area (Å²) < 4.78 is 3.13. The second-order valence-electron chi connectivity index (χ2n) is 4.61. The molecular formula is C15H15BrClNO. The molecule has 1 aromatic heterocycles. The van der Waals surface area contributed by atoms with Crippen LogP contribution < -0.4 is 0 Å². The number of rotatable bonds is 3. The van der Waals surface area contributed by atoms with Crippen LogP contribution in [0.5, 0.6) is 0 Å². The van der Waals surface area contributed by atoms with Gasteiger partial charge in [0.2, 0.25) is 0 Å². The van der Waals surface area contributed by atoms with E-state index in [2.05, 4.69) is 38.7 Å². The number of aromatic nitrogens is 1. The fourth-order valence-electron chi connectivity index (χ4n) is 2.24. The highest BCUT2D eigenvalue weighted by atomic mass is 79.9. The van der Waals surface area contributed by atoms with Crippen molar-refractivity contribution in [3.8, 4) is 5.69 Å². The summed E-state index contributed by atoms with van der Waals surface area (Å²) in [4.78, 5) is 11.8. The Morgan fingerprint density at radius 3 is 2.53 bits per heavy atom. The van der Waals surface area contributed by atoms with Crippen molar-refractivity contribution in [1.29, 1.82) is 0 Å². The van der Waals surface area contributed by atoms with Gasteiger partial charge >= 0.3 is 0 Å². The standard InChI is InChI=1S/C15H15BrClNO/c1-9-4-5-12(7-14(9)16)18-10(2)6-13(11(18)3)15(19)8-17/h4-7H,8H2,1-3H3. The van der Waals surface area contributed by atoms with Crippen molar-refractivity contribution >= 4 is 33.3 Å². The van der Waals surface area contributed by atoms with Crippen molar-refractivity contribution < 1.29 is 4.79 Å². The zero-order valence-corrected chi connectivity index (χ0v) is 13.5. The summed E-state index contributed by atoms with van der Waals surface area (Å²) in [5.74, 6) is -0.0192. The first kappa shape index (κ1) is 14.4. The molecule has 0 radical (unpaired) electrons. The average molecular weight is 341 g/mol. The van der Waals surface area contributed by atoms with Crippen molar-refractivity contribution in [3.05, 3.63) is 51.3 Å². The van der Waals surface area contributed by atoms with Gasteiger partial charge in [0.1, 0.15) is 0 Å². The average Bonchev–Trinajstić information content (AvgIpc) is 2.68. The Bertz CT molecular complexity index is 646. The van der Waals surface area contributed by atoms with E-state index in [-0.39, 0.29) is 11.7 Å². The molecule has 2 rings (SSSR count). The molecule has 4 heteroatoms. The molecule has 0 aliphatic carbocycles. The smallest absolute Gasteiger partial charge is 0.179 e. The zero-order chi connectivity index (χ0) is 14.2. The van der Waals surface area contributed by atoms with Crippen LogP contribution in [-0.2, 0) is 0 Å². The van der Waals surface area contributed by atoms with Gasteiger partial charge < -0.3 is 4.57 Å². The minimum absolute atomic E-state index is 0.0158. The highest BCUT2D eigenvalue weighted by molar-refractivity contribution is 9.10. The van der Waals surface area contributed by atoms with E-state index in [1.807, 2.05) is 26.8 Å². The predicted molar refractivity (Wildman–Crippen MR) is 82.7 cm³/mol. The van der Waals surface area contributed by atoms with Crippen LogP contribution in [0.1, 0.15) is 27.3 Å². The highest BCUT2D eigenvalue weighted by Gasteiger charge is 2.16. The lowest BCUT2D eigenvalue weighted by Gasteiger charge is -2.11. The fraction of sp³-hybridized carbons (Fsp3) is 0.267.